The lowest BCUT2D eigenvalue weighted by molar-refractivity contribution is -0.143. The molecule has 1 aliphatic heterocycles. The van der Waals surface area contributed by atoms with Gasteiger partial charge in [-0.25, -0.2) is 0 Å². The summed E-state index contributed by atoms with van der Waals surface area (Å²) in [6.07, 6.45) is -3.85. The summed E-state index contributed by atoms with van der Waals surface area (Å²) in [4.78, 5) is 17.2. The maximum Gasteiger partial charge on any atom is 0.416 e. The second-order valence-electron chi connectivity index (χ2n) is 10.5. The van der Waals surface area contributed by atoms with Gasteiger partial charge in [-0.2, -0.15) is 26.3 Å². The molecule has 9 heteroatoms. The van der Waals surface area contributed by atoms with E-state index in [1.165, 1.54) is 44.1 Å². The molecule has 3 nitrogen and oxygen atoms in total. The van der Waals surface area contributed by atoms with Crippen LogP contribution in [0.3, 0.4) is 0 Å². The van der Waals surface area contributed by atoms with Gasteiger partial charge in [-0.3, -0.25) is 4.79 Å². The van der Waals surface area contributed by atoms with Crippen LogP contribution in [0.4, 0.5) is 26.3 Å². The summed E-state index contributed by atoms with van der Waals surface area (Å²) in [6.45, 7) is 1.79. The van der Waals surface area contributed by atoms with E-state index in [1.54, 1.807) is 0 Å². The lowest BCUT2D eigenvalue weighted by Gasteiger charge is -2.27. The average Bonchev–Trinajstić information content (AvgIpc) is 3.27. The van der Waals surface area contributed by atoms with Crippen molar-refractivity contribution in [2.45, 2.75) is 56.9 Å². The Labute approximate surface area is 213 Å². The SMILES string of the molecule is CN(Cc1cc(C(F)(F)F)cc(C(F)(F)F)c1)C(=O)[C@H]1CN(CC2CCCCC2)C[C@@H]1c1ccccc1. The van der Waals surface area contributed by atoms with Crippen LogP contribution < -0.4 is 0 Å². The van der Waals surface area contributed by atoms with Crippen molar-refractivity contribution in [1.82, 2.24) is 9.80 Å². The lowest BCUT2D eigenvalue weighted by atomic mass is 9.88. The maximum absolute atomic E-state index is 13.6. The van der Waals surface area contributed by atoms with Crippen molar-refractivity contribution in [1.29, 1.82) is 0 Å². The van der Waals surface area contributed by atoms with E-state index in [0.717, 1.165) is 12.1 Å². The molecule has 1 amide bonds. The van der Waals surface area contributed by atoms with Crippen LogP contribution in [0, 0.1) is 11.8 Å². The average molecular weight is 527 g/mol. The van der Waals surface area contributed by atoms with Gasteiger partial charge in [-0.1, -0.05) is 49.6 Å². The molecule has 0 aromatic heterocycles. The largest absolute Gasteiger partial charge is 0.416 e. The first kappa shape index (κ1) is 27.5. The number of carbonyl (C=O) groups is 1. The molecule has 0 bridgehead atoms. The van der Waals surface area contributed by atoms with Crippen molar-refractivity contribution in [3.8, 4) is 0 Å². The first-order valence-electron chi connectivity index (χ1n) is 12.7. The van der Waals surface area contributed by atoms with Gasteiger partial charge < -0.3 is 9.80 Å². The Morgan fingerprint density at radius 2 is 1.49 bits per heavy atom. The molecule has 37 heavy (non-hydrogen) atoms. The Balaban J connectivity index is 1.54. The summed E-state index contributed by atoms with van der Waals surface area (Å²) in [5, 5.41) is 0. The Hall–Kier alpha value is -2.55. The number of halogens is 6. The van der Waals surface area contributed by atoms with Crippen molar-refractivity contribution in [2.24, 2.45) is 11.8 Å². The molecule has 0 radical (unpaired) electrons. The van der Waals surface area contributed by atoms with Gasteiger partial charge in [-0.05, 0) is 48.1 Å². The second kappa shape index (κ2) is 11.1. The van der Waals surface area contributed by atoms with Gasteiger partial charge in [-0.15, -0.1) is 0 Å². The first-order chi connectivity index (χ1) is 17.4. The minimum absolute atomic E-state index is 0.0908. The third kappa shape index (κ3) is 6.86. The molecular weight excluding hydrogens is 494 g/mol. The van der Waals surface area contributed by atoms with Gasteiger partial charge in [0.05, 0.1) is 17.0 Å². The highest BCUT2D eigenvalue weighted by molar-refractivity contribution is 5.80. The standard InChI is InChI=1S/C28H32F6N2O/c1-35(15-20-12-22(27(29,30)31)14-23(13-20)28(32,33)34)26(37)25-18-36(16-19-8-4-2-5-9-19)17-24(25)21-10-6-3-7-11-21/h3,6-7,10-14,19,24-25H,2,4-5,8-9,15-18H2,1H3/t24-,25+/m1/s1. The van der Waals surface area contributed by atoms with Crippen LogP contribution in [-0.2, 0) is 23.7 Å². The van der Waals surface area contributed by atoms with Crippen molar-refractivity contribution in [2.75, 3.05) is 26.7 Å². The van der Waals surface area contributed by atoms with Gasteiger partial charge in [0.2, 0.25) is 5.91 Å². The number of likely N-dealkylation sites (tertiary alicyclic amines) is 1. The fraction of sp³-hybridized carbons (Fsp3) is 0.536. The zero-order valence-corrected chi connectivity index (χ0v) is 20.8. The molecule has 2 atom stereocenters. The molecule has 2 aliphatic rings. The molecule has 1 aliphatic carbocycles. The molecule has 2 aromatic rings. The molecule has 1 saturated heterocycles. The second-order valence-corrected chi connectivity index (χ2v) is 10.5. The minimum Gasteiger partial charge on any atom is -0.341 e. The molecule has 1 heterocycles. The molecule has 4 rings (SSSR count). The van der Waals surface area contributed by atoms with E-state index in [-0.39, 0.29) is 30.0 Å². The van der Waals surface area contributed by atoms with Crippen LogP contribution in [0.15, 0.2) is 48.5 Å². The normalized spacial score (nSPS) is 21.8. The van der Waals surface area contributed by atoms with E-state index < -0.39 is 29.4 Å². The summed E-state index contributed by atoms with van der Waals surface area (Å²) >= 11 is 0. The third-order valence-corrected chi connectivity index (χ3v) is 7.62. The predicted molar refractivity (Wildman–Crippen MR) is 129 cm³/mol. The fourth-order valence-corrected chi connectivity index (χ4v) is 5.80. The molecule has 202 valence electrons. The smallest absolute Gasteiger partial charge is 0.341 e. The van der Waals surface area contributed by atoms with Crippen molar-refractivity contribution in [3.63, 3.8) is 0 Å². The Kier molecular flexibility index (Phi) is 8.21. The van der Waals surface area contributed by atoms with Crippen LogP contribution in [0.5, 0.6) is 0 Å². The zero-order chi connectivity index (χ0) is 26.8. The van der Waals surface area contributed by atoms with E-state index in [4.69, 9.17) is 0 Å². The highest BCUT2D eigenvalue weighted by Crippen LogP contribution is 2.38. The van der Waals surface area contributed by atoms with E-state index >= 15 is 0 Å². The molecule has 2 aromatic carbocycles. The number of amides is 1. The Morgan fingerprint density at radius 1 is 0.892 bits per heavy atom. The van der Waals surface area contributed by atoms with E-state index in [0.29, 0.717) is 31.1 Å². The molecule has 0 spiro atoms. The highest BCUT2D eigenvalue weighted by atomic mass is 19.4. The number of nitrogens with zero attached hydrogens (tertiary/aromatic N) is 2. The van der Waals surface area contributed by atoms with Crippen LogP contribution >= 0.6 is 0 Å². The van der Waals surface area contributed by atoms with Gasteiger partial charge in [0.15, 0.2) is 0 Å². The topological polar surface area (TPSA) is 23.6 Å². The van der Waals surface area contributed by atoms with Gasteiger partial charge in [0.1, 0.15) is 0 Å². The maximum atomic E-state index is 13.6. The van der Waals surface area contributed by atoms with Crippen molar-refractivity contribution in [3.05, 3.63) is 70.8 Å². The number of hydrogen-bond donors (Lipinski definition) is 0. The van der Waals surface area contributed by atoms with Gasteiger partial charge >= 0.3 is 12.4 Å². The molecular formula is C28H32F6N2O. The van der Waals surface area contributed by atoms with E-state index in [1.807, 2.05) is 30.3 Å². The van der Waals surface area contributed by atoms with E-state index in [9.17, 15) is 31.1 Å². The summed E-state index contributed by atoms with van der Waals surface area (Å²) in [5.74, 6) is -0.204. The minimum atomic E-state index is -4.93. The lowest BCUT2D eigenvalue weighted by Crippen LogP contribution is -2.36. The zero-order valence-electron chi connectivity index (χ0n) is 20.8. The summed E-state index contributed by atoms with van der Waals surface area (Å²) in [6, 6.07) is 11.1. The monoisotopic (exact) mass is 526 g/mol. The van der Waals surface area contributed by atoms with Crippen LogP contribution in [0.2, 0.25) is 0 Å². The van der Waals surface area contributed by atoms with Crippen LogP contribution in [-0.4, -0.2) is 42.4 Å². The molecule has 2 fully saturated rings. The van der Waals surface area contributed by atoms with E-state index in [2.05, 4.69) is 4.90 Å². The first-order valence-corrected chi connectivity index (χ1v) is 12.7. The Morgan fingerprint density at radius 3 is 2.05 bits per heavy atom. The van der Waals surface area contributed by atoms with Crippen molar-refractivity contribution >= 4 is 5.91 Å². The molecule has 1 saturated carbocycles. The van der Waals surface area contributed by atoms with Crippen LogP contribution in [0.1, 0.15) is 60.3 Å². The van der Waals surface area contributed by atoms with Crippen LogP contribution in [0.25, 0.3) is 0 Å². The highest BCUT2D eigenvalue weighted by Gasteiger charge is 2.41. The third-order valence-electron chi connectivity index (χ3n) is 7.62. The molecule has 0 unspecified atom stereocenters. The predicted octanol–water partition coefficient (Wildman–Crippen LogP) is 6.98. The number of alkyl halides is 6. The molecule has 0 N–H and O–H groups in total. The summed E-state index contributed by atoms with van der Waals surface area (Å²) in [5.41, 5.74) is -1.94. The number of benzene rings is 2. The van der Waals surface area contributed by atoms with Gasteiger partial charge in [0, 0.05) is 39.1 Å². The fourth-order valence-electron chi connectivity index (χ4n) is 5.80. The summed E-state index contributed by atoms with van der Waals surface area (Å²) in [7, 11) is 1.45. The summed E-state index contributed by atoms with van der Waals surface area (Å²) < 4.78 is 79.8. The number of hydrogen-bond acceptors (Lipinski definition) is 2. The van der Waals surface area contributed by atoms with Gasteiger partial charge in [0.25, 0.3) is 0 Å². The number of carbonyl (C=O) groups excluding carboxylic acids is 1. The van der Waals surface area contributed by atoms with Crippen molar-refractivity contribution < 1.29 is 31.1 Å². The Bertz CT molecular complexity index is 1030. The number of rotatable bonds is 6. The quantitative estimate of drug-likeness (QED) is 0.379.